The van der Waals surface area contributed by atoms with Gasteiger partial charge in [0.15, 0.2) is 0 Å². The molecule has 0 fully saturated rings. The van der Waals surface area contributed by atoms with Crippen LogP contribution < -0.4 is 0 Å². The second-order valence-corrected chi connectivity index (χ2v) is 11.5. The van der Waals surface area contributed by atoms with Crippen LogP contribution >= 0.6 is 0 Å². The zero-order valence-electron chi connectivity index (χ0n) is 22.7. The number of rotatable bonds is 12. The molecule has 1 atom stereocenters. The molecule has 186 valence electrons. The lowest BCUT2D eigenvalue weighted by Gasteiger charge is -2.26. The zero-order chi connectivity index (χ0) is 24.8. The maximum atomic E-state index is 11.3. The summed E-state index contributed by atoms with van der Waals surface area (Å²) in [4.78, 5) is 2.49. The minimum Gasteiger partial charge on any atom is -0.387 e. The third kappa shape index (κ3) is 7.06. The lowest BCUT2D eigenvalue weighted by atomic mass is 9.92. The van der Waals surface area contributed by atoms with Crippen molar-refractivity contribution >= 4 is 21.5 Å². The van der Waals surface area contributed by atoms with Crippen molar-refractivity contribution < 1.29 is 5.11 Å². The van der Waals surface area contributed by atoms with Crippen LogP contribution in [-0.4, -0.2) is 29.6 Å². The van der Waals surface area contributed by atoms with Crippen molar-refractivity contribution in [2.75, 3.05) is 19.6 Å². The van der Waals surface area contributed by atoms with Crippen LogP contribution in [0.1, 0.15) is 95.9 Å². The minimum absolute atomic E-state index is 0.466. The predicted molar refractivity (Wildman–Crippen MR) is 150 cm³/mol. The Hall–Kier alpha value is -1.90. The predicted octanol–water partition coefficient (Wildman–Crippen LogP) is 8.63. The number of benzene rings is 3. The first kappa shape index (κ1) is 26.7. The van der Waals surface area contributed by atoms with Crippen LogP contribution in [0, 0.1) is 18.8 Å². The van der Waals surface area contributed by atoms with E-state index in [4.69, 9.17) is 0 Å². The van der Waals surface area contributed by atoms with Crippen LogP contribution in [0.2, 0.25) is 0 Å². The van der Waals surface area contributed by atoms with Gasteiger partial charge in [-0.1, -0.05) is 77.9 Å². The van der Waals surface area contributed by atoms with E-state index in [1.165, 1.54) is 58.4 Å². The molecule has 1 N–H and O–H groups in total. The molecule has 0 saturated heterocycles. The van der Waals surface area contributed by atoms with E-state index in [0.717, 1.165) is 30.5 Å². The third-order valence-corrected chi connectivity index (χ3v) is 7.20. The standard InChI is InChI=1S/C32H47NO/c1-22(2)10-8-16-33(17-9-11-23(3)4)21-32(34)28-18-25(7)29-14-13-27-19-26(24(5)6)12-15-30(27)31(29)20-28/h12-15,18-20,22-24,32,34H,8-11,16-17,21H2,1-7H3/t32-/m1/s1. The molecular weight excluding hydrogens is 414 g/mol. The molecule has 0 amide bonds. The number of nitrogens with zero attached hydrogens (tertiary/aromatic N) is 1. The van der Waals surface area contributed by atoms with Gasteiger partial charge in [-0.2, -0.15) is 0 Å². The summed E-state index contributed by atoms with van der Waals surface area (Å²) >= 11 is 0. The van der Waals surface area contributed by atoms with E-state index >= 15 is 0 Å². The highest BCUT2D eigenvalue weighted by Gasteiger charge is 2.16. The number of aliphatic hydroxyl groups excluding tert-OH is 1. The van der Waals surface area contributed by atoms with Crippen LogP contribution in [0.5, 0.6) is 0 Å². The van der Waals surface area contributed by atoms with Gasteiger partial charge in [-0.25, -0.2) is 0 Å². The number of fused-ring (bicyclic) bond motifs is 3. The Morgan fingerprint density at radius 1 is 0.706 bits per heavy atom. The Labute approximate surface area is 208 Å². The normalized spacial score (nSPS) is 13.3. The van der Waals surface area contributed by atoms with Crippen molar-refractivity contribution in [3.8, 4) is 0 Å². The van der Waals surface area contributed by atoms with Gasteiger partial charge >= 0.3 is 0 Å². The molecule has 3 aromatic rings. The van der Waals surface area contributed by atoms with E-state index in [1.54, 1.807) is 0 Å². The second kappa shape index (κ2) is 12.2. The van der Waals surface area contributed by atoms with Crippen molar-refractivity contribution in [3.63, 3.8) is 0 Å². The fourth-order valence-corrected chi connectivity index (χ4v) is 5.05. The number of aliphatic hydroxyl groups is 1. The molecule has 0 spiro atoms. The van der Waals surface area contributed by atoms with Gasteiger partial charge in [0.05, 0.1) is 6.10 Å². The molecule has 0 radical (unpaired) electrons. The maximum Gasteiger partial charge on any atom is 0.0917 e. The van der Waals surface area contributed by atoms with Crippen molar-refractivity contribution in [3.05, 3.63) is 59.2 Å². The second-order valence-electron chi connectivity index (χ2n) is 11.5. The summed E-state index contributed by atoms with van der Waals surface area (Å²) in [6, 6.07) is 15.8. The van der Waals surface area contributed by atoms with Crippen LogP contribution in [0.15, 0.2) is 42.5 Å². The smallest absolute Gasteiger partial charge is 0.0917 e. The summed E-state index contributed by atoms with van der Waals surface area (Å²) in [5.41, 5.74) is 3.66. The van der Waals surface area contributed by atoms with E-state index in [0.29, 0.717) is 12.5 Å². The van der Waals surface area contributed by atoms with Gasteiger partial charge in [0.25, 0.3) is 0 Å². The molecule has 0 heterocycles. The number of hydrogen-bond donors (Lipinski definition) is 1. The minimum atomic E-state index is -0.466. The lowest BCUT2D eigenvalue weighted by molar-refractivity contribution is 0.109. The van der Waals surface area contributed by atoms with E-state index in [1.807, 2.05) is 0 Å². The molecule has 0 aromatic heterocycles. The van der Waals surface area contributed by atoms with Crippen molar-refractivity contribution in [1.82, 2.24) is 4.90 Å². The summed E-state index contributed by atoms with van der Waals surface area (Å²) in [7, 11) is 0. The fraction of sp³-hybridized carbons (Fsp3) is 0.562. The molecule has 0 aliphatic heterocycles. The van der Waals surface area contributed by atoms with Gasteiger partial charge < -0.3 is 10.0 Å². The van der Waals surface area contributed by atoms with Gasteiger partial charge in [-0.3, -0.25) is 0 Å². The molecule has 0 aliphatic rings. The topological polar surface area (TPSA) is 23.5 Å². The van der Waals surface area contributed by atoms with Gasteiger partial charge in [-0.05, 0) is 108 Å². The average molecular weight is 462 g/mol. The molecule has 3 aromatic carbocycles. The summed E-state index contributed by atoms with van der Waals surface area (Å²) in [5.74, 6) is 1.98. The van der Waals surface area contributed by atoms with E-state index in [-0.39, 0.29) is 0 Å². The van der Waals surface area contributed by atoms with Crippen molar-refractivity contribution in [1.29, 1.82) is 0 Å². The van der Waals surface area contributed by atoms with Crippen LogP contribution in [0.3, 0.4) is 0 Å². The van der Waals surface area contributed by atoms with E-state index < -0.39 is 6.10 Å². The first-order valence-corrected chi connectivity index (χ1v) is 13.5. The monoisotopic (exact) mass is 461 g/mol. The van der Waals surface area contributed by atoms with Gasteiger partial charge in [-0.15, -0.1) is 0 Å². The molecular formula is C32H47NO. The number of hydrogen-bond acceptors (Lipinski definition) is 2. The summed E-state index contributed by atoms with van der Waals surface area (Å²) in [6.07, 6.45) is 4.43. The van der Waals surface area contributed by atoms with E-state index in [2.05, 4.69) is 95.8 Å². The summed E-state index contributed by atoms with van der Waals surface area (Å²) in [6.45, 7) is 18.7. The maximum absolute atomic E-state index is 11.3. The summed E-state index contributed by atoms with van der Waals surface area (Å²) in [5, 5.41) is 16.4. The molecule has 0 saturated carbocycles. The molecule has 3 rings (SSSR count). The van der Waals surface area contributed by atoms with Gasteiger partial charge in [0.2, 0.25) is 0 Å². The highest BCUT2D eigenvalue weighted by atomic mass is 16.3. The molecule has 0 aliphatic carbocycles. The Morgan fingerprint density at radius 3 is 1.91 bits per heavy atom. The van der Waals surface area contributed by atoms with E-state index in [9.17, 15) is 5.11 Å². The van der Waals surface area contributed by atoms with Crippen LogP contribution in [0.4, 0.5) is 0 Å². The first-order chi connectivity index (χ1) is 16.2. The highest BCUT2D eigenvalue weighted by Crippen LogP contribution is 2.32. The Balaban J connectivity index is 1.86. The molecule has 2 heteroatoms. The highest BCUT2D eigenvalue weighted by molar-refractivity contribution is 6.08. The van der Waals surface area contributed by atoms with Gasteiger partial charge in [0.1, 0.15) is 0 Å². The molecule has 0 unspecified atom stereocenters. The Kier molecular flexibility index (Phi) is 9.56. The molecule has 34 heavy (non-hydrogen) atoms. The summed E-state index contributed by atoms with van der Waals surface area (Å²) < 4.78 is 0. The quantitative estimate of drug-likeness (QED) is 0.273. The SMILES string of the molecule is Cc1cc([C@H](O)CN(CCCC(C)C)CCCC(C)C)cc2c1ccc1cc(C(C)C)ccc12. The number of aryl methyl sites for hydroxylation is 1. The fourth-order valence-electron chi connectivity index (χ4n) is 5.05. The molecule has 2 nitrogen and oxygen atoms in total. The zero-order valence-corrected chi connectivity index (χ0v) is 22.7. The Bertz CT molecular complexity index is 1050. The first-order valence-electron chi connectivity index (χ1n) is 13.5. The lowest BCUT2D eigenvalue weighted by Crippen LogP contribution is -2.31. The van der Waals surface area contributed by atoms with Crippen LogP contribution in [-0.2, 0) is 0 Å². The van der Waals surface area contributed by atoms with Crippen molar-refractivity contribution in [2.24, 2.45) is 11.8 Å². The average Bonchev–Trinajstić information content (AvgIpc) is 2.77. The van der Waals surface area contributed by atoms with Gasteiger partial charge in [0, 0.05) is 6.54 Å². The largest absolute Gasteiger partial charge is 0.387 e. The van der Waals surface area contributed by atoms with Crippen LogP contribution in [0.25, 0.3) is 21.5 Å². The van der Waals surface area contributed by atoms with Crippen molar-refractivity contribution in [2.45, 2.75) is 86.2 Å². The Morgan fingerprint density at radius 2 is 1.32 bits per heavy atom. The third-order valence-electron chi connectivity index (χ3n) is 7.20. The molecule has 0 bridgehead atoms.